The number of benzene rings is 1. The third-order valence-electron chi connectivity index (χ3n) is 3.70. The summed E-state index contributed by atoms with van der Waals surface area (Å²) in [6, 6.07) is 5.07. The van der Waals surface area contributed by atoms with Crippen LogP contribution in [0.3, 0.4) is 0 Å². The predicted molar refractivity (Wildman–Crippen MR) is 110 cm³/mol. The molecular weight excluding hydrogens is 396 g/mol. The van der Waals surface area contributed by atoms with E-state index in [1.54, 1.807) is 32.4 Å². The molecule has 0 atom stereocenters. The molecule has 1 rings (SSSR count). The largest absolute Gasteiger partial charge is 0.491 e. The summed E-state index contributed by atoms with van der Waals surface area (Å²) in [4.78, 5) is 11.2. The maximum Gasteiger partial charge on any atom is 0.153 e. The van der Waals surface area contributed by atoms with E-state index in [-0.39, 0.29) is 0 Å². The Bertz CT molecular complexity index is 539. The summed E-state index contributed by atoms with van der Waals surface area (Å²) in [7, 11) is 3.26. The van der Waals surface area contributed by atoms with Gasteiger partial charge in [0.1, 0.15) is 24.7 Å². The maximum absolute atomic E-state index is 11.2. The highest BCUT2D eigenvalue weighted by molar-refractivity contribution is 5.79. The lowest BCUT2D eigenvalue weighted by atomic mass is 10.2. The molecule has 0 aliphatic heterocycles. The maximum atomic E-state index is 11.2. The first-order chi connectivity index (χ1) is 14.8. The van der Waals surface area contributed by atoms with Gasteiger partial charge in [0.2, 0.25) is 0 Å². The van der Waals surface area contributed by atoms with E-state index < -0.39 is 0 Å². The molecule has 0 unspecified atom stereocenters. The van der Waals surface area contributed by atoms with Crippen molar-refractivity contribution in [1.82, 2.24) is 0 Å². The second kappa shape index (κ2) is 19.2. The Morgan fingerprint density at radius 3 is 1.60 bits per heavy atom. The SMILES string of the molecule is COCCOCCOCCOc1ccc(C=O)c(OCCOCCOCCOC)c1. The Morgan fingerprint density at radius 1 is 0.633 bits per heavy atom. The fourth-order valence-electron chi connectivity index (χ4n) is 2.18. The molecule has 0 aromatic heterocycles. The molecule has 9 nitrogen and oxygen atoms in total. The highest BCUT2D eigenvalue weighted by Gasteiger charge is 2.06. The molecule has 172 valence electrons. The van der Waals surface area contributed by atoms with E-state index in [9.17, 15) is 4.79 Å². The Morgan fingerprint density at radius 2 is 1.10 bits per heavy atom. The van der Waals surface area contributed by atoms with Crippen LogP contribution >= 0.6 is 0 Å². The average Bonchev–Trinajstić information content (AvgIpc) is 2.77. The van der Waals surface area contributed by atoms with E-state index in [0.717, 1.165) is 6.29 Å². The first-order valence-corrected chi connectivity index (χ1v) is 9.95. The molecule has 0 saturated carbocycles. The van der Waals surface area contributed by atoms with Gasteiger partial charge in [-0.05, 0) is 12.1 Å². The third-order valence-corrected chi connectivity index (χ3v) is 3.70. The van der Waals surface area contributed by atoms with Gasteiger partial charge in [0.25, 0.3) is 0 Å². The van der Waals surface area contributed by atoms with Gasteiger partial charge in [-0.25, -0.2) is 0 Å². The van der Waals surface area contributed by atoms with E-state index in [4.69, 9.17) is 37.9 Å². The fraction of sp³-hybridized carbons (Fsp3) is 0.667. The van der Waals surface area contributed by atoms with Crippen LogP contribution in [-0.2, 0) is 28.4 Å². The van der Waals surface area contributed by atoms with Crippen molar-refractivity contribution in [3.05, 3.63) is 23.8 Å². The van der Waals surface area contributed by atoms with Gasteiger partial charge in [-0.1, -0.05) is 0 Å². The summed E-state index contributed by atoms with van der Waals surface area (Å²) in [5.74, 6) is 1.05. The number of ether oxygens (including phenoxy) is 8. The van der Waals surface area contributed by atoms with Crippen LogP contribution in [0, 0.1) is 0 Å². The Hall–Kier alpha value is -1.75. The van der Waals surface area contributed by atoms with E-state index in [2.05, 4.69) is 0 Å². The molecule has 0 amide bonds. The smallest absolute Gasteiger partial charge is 0.153 e. The standard InChI is InChI=1S/C21H34O9/c1-23-5-7-25-9-11-27-13-15-29-20-4-3-19(18-22)21(17-20)30-16-14-28-12-10-26-8-6-24-2/h3-4,17-18H,5-16H2,1-2H3. The molecular formula is C21H34O9. The molecule has 9 heteroatoms. The summed E-state index contributed by atoms with van der Waals surface area (Å²) in [5, 5.41) is 0. The van der Waals surface area contributed by atoms with Crippen molar-refractivity contribution >= 4 is 6.29 Å². The van der Waals surface area contributed by atoms with Crippen molar-refractivity contribution in [3.63, 3.8) is 0 Å². The van der Waals surface area contributed by atoms with E-state index >= 15 is 0 Å². The number of carbonyl (C=O) groups excluding carboxylic acids is 1. The quantitative estimate of drug-likeness (QED) is 0.213. The van der Waals surface area contributed by atoms with Gasteiger partial charge in [0, 0.05) is 20.3 Å². The molecule has 0 heterocycles. The molecule has 0 aliphatic carbocycles. The fourth-order valence-corrected chi connectivity index (χ4v) is 2.18. The average molecular weight is 430 g/mol. The number of methoxy groups -OCH3 is 2. The van der Waals surface area contributed by atoms with Gasteiger partial charge in [-0.15, -0.1) is 0 Å². The van der Waals surface area contributed by atoms with E-state index in [0.29, 0.717) is 96.3 Å². The topological polar surface area (TPSA) is 90.9 Å². The minimum atomic E-state index is 0.314. The van der Waals surface area contributed by atoms with Crippen LogP contribution < -0.4 is 9.47 Å². The Labute approximate surface area is 178 Å². The molecule has 0 N–H and O–H groups in total. The van der Waals surface area contributed by atoms with Crippen LogP contribution in [-0.4, -0.2) is 99.8 Å². The lowest BCUT2D eigenvalue weighted by Gasteiger charge is -2.12. The van der Waals surface area contributed by atoms with Crippen molar-refractivity contribution in [2.24, 2.45) is 0 Å². The second-order valence-corrected chi connectivity index (χ2v) is 5.95. The zero-order valence-electron chi connectivity index (χ0n) is 18.0. The number of rotatable bonds is 21. The number of carbonyl (C=O) groups is 1. The molecule has 0 saturated heterocycles. The summed E-state index contributed by atoms with van der Waals surface area (Å²) >= 11 is 0. The summed E-state index contributed by atoms with van der Waals surface area (Å²) in [6.07, 6.45) is 0.746. The highest BCUT2D eigenvalue weighted by Crippen LogP contribution is 2.23. The predicted octanol–water partition coefficient (Wildman–Crippen LogP) is 1.62. The lowest BCUT2D eigenvalue weighted by Crippen LogP contribution is -2.13. The van der Waals surface area contributed by atoms with Crippen LogP contribution in [0.5, 0.6) is 11.5 Å². The van der Waals surface area contributed by atoms with Crippen LogP contribution in [0.15, 0.2) is 18.2 Å². The lowest BCUT2D eigenvalue weighted by molar-refractivity contribution is 0.0174. The first kappa shape index (κ1) is 26.3. The number of hydrogen-bond donors (Lipinski definition) is 0. The van der Waals surface area contributed by atoms with Gasteiger partial charge in [0.05, 0.1) is 71.6 Å². The zero-order chi connectivity index (χ0) is 21.7. The van der Waals surface area contributed by atoms with E-state index in [1.165, 1.54) is 0 Å². The van der Waals surface area contributed by atoms with Crippen LogP contribution in [0.4, 0.5) is 0 Å². The summed E-state index contributed by atoms with van der Waals surface area (Å²) in [6.45, 7) is 5.69. The molecule has 1 aromatic rings. The second-order valence-electron chi connectivity index (χ2n) is 5.95. The third kappa shape index (κ3) is 13.5. The molecule has 0 aliphatic rings. The molecule has 0 spiro atoms. The Kier molecular flexibility index (Phi) is 16.8. The molecule has 1 aromatic carbocycles. The number of aldehydes is 1. The molecule has 30 heavy (non-hydrogen) atoms. The minimum absolute atomic E-state index is 0.314. The number of hydrogen-bond acceptors (Lipinski definition) is 9. The zero-order valence-corrected chi connectivity index (χ0v) is 18.0. The van der Waals surface area contributed by atoms with Gasteiger partial charge >= 0.3 is 0 Å². The van der Waals surface area contributed by atoms with Crippen LogP contribution in [0.25, 0.3) is 0 Å². The van der Waals surface area contributed by atoms with Crippen LogP contribution in [0.1, 0.15) is 10.4 Å². The Balaban J connectivity index is 2.18. The minimum Gasteiger partial charge on any atom is -0.491 e. The summed E-state index contributed by atoms with van der Waals surface area (Å²) in [5.41, 5.74) is 0.453. The van der Waals surface area contributed by atoms with Gasteiger partial charge in [0.15, 0.2) is 6.29 Å². The first-order valence-electron chi connectivity index (χ1n) is 9.95. The van der Waals surface area contributed by atoms with Crippen molar-refractivity contribution in [1.29, 1.82) is 0 Å². The van der Waals surface area contributed by atoms with Crippen molar-refractivity contribution in [2.45, 2.75) is 0 Å². The van der Waals surface area contributed by atoms with Crippen LogP contribution in [0.2, 0.25) is 0 Å². The van der Waals surface area contributed by atoms with Crippen molar-refractivity contribution in [3.8, 4) is 11.5 Å². The van der Waals surface area contributed by atoms with E-state index in [1.807, 2.05) is 0 Å². The highest BCUT2D eigenvalue weighted by atomic mass is 16.6. The molecule has 0 radical (unpaired) electrons. The van der Waals surface area contributed by atoms with Gasteiger partial charge in [-0.2, -0.15) is 0 Å². The van der Waals surface area contributed by atoms with Crippen molar-refractivity contribution in [2.75, 3.05) is 93.5 Å². The molecule has 0 fully saturated rings. The van der Waals surface area contributed by atoms with Gasteiger partial charge in [-0.3, -0.25) is 4.79 Å². The normalized spacial score (nSPS) is 10.9. The van der Waals surface area contributed by atoms with Crippen molar-refractivity contribution < 1.29 is 42.7 Å². The summed E-state index contributed by atoms with van der Waals surface area (Å²) < 4.78 is 42.5. The monoisotopic (exact) mass is 430 g/mol. The molecule has 0 bridgehead atoms. The van der Waals surface area contributed by atoms with Gasteiger partial charge < -0.3 is 37.9 Å².